The zero-order valence-corrected chi connectivity index (χ0v) is 9.61. The standard InChI is InChI=1S/C11H23NO3/c1-13-6-7-14-8-9-15-11-4-2-10(12)3-5-11/h10-11H,2-9,12H2,1H3. The number of methoxy groups -OCH3 is 1. The molecule has 0 heterocycles. The Balaban J connectivity index is 1.87. The van der Waals surface area contributed by atoms with Gasteiger partial charge in [-0.25, -0.2) is 0 Å². The van der Waals surface area contributed by atoms with Crippen molar-refractivity contribution < 1.29 is 14.2 Å². The van der Waals surface area contributed by atoms with Crippen LogP contribution in [0.4, 0.5) is 0 Å². The molecule has 0 radical (unpaired) electrons. The summed E-state index contributed by atoms with van der Waals surface area (Å²) in [6, 6.07) is 0.391. The first-order valence-electron chi connectivity index (χ1n) is 5.76. The highest BCUT2D eigenvalue weighted by molar-refractivity contribution is 4.74. The molecule has 90 valence electrons. The fourth-order valence-electron chi connectivity index (χ4n) is 1.77. The van der Waals surface area contributed by atoms with Crippen molar-refractivity contribution in [3.05, 3.63) is 0 Å². The summed E-state index contributed by atoms with van der Waals surface area (Å²) in [6.45, 7) is 2.64. The summed E-state index contributed by atoms with van der Waals surface area (Å²) in [6.07, 6.45) is 4.78. The summed E-state index contributed by atoms with van der Waals surface area (Å²) in [5.74, 6) is 0. The number of nitrogens with two attached hydrogens (primary N) is 1. The predicted molar refractivity (Wildman–Crippen MR) is 58.9 cm³/mol. The molecule has 1 aliphatic rings. The molecule has 0 aliphatic heterocycles. The molecule has 0 bridgehead atoms. The van der Waals surface area contributed by atoms with Crippen molar-refractivity contribution in [1.29, 1.82) is 0 Å². The highest BCUT2D eigenvalue weighted by atomic mass is 16.5. The van der Waals surface area contributed by atoms with E-state index in [0.717, 1.165) is 25.7 Å². The van der Waals surface area contributed by atoms with Gasteiger partial charge in [-0.05, 0) is 25.7 Å². The van der Waals surface area contributed by atoms with Gasteiger partial charge in [0.05, 0.1) is 32.5 Å². The predicted octanol–water partition coefficient (Wildman–Crippen LogP) is 0.936. The van der Waals surface area contributed by atoms with Crippen LogP contribution < -0.4 is 5.73 Å². The lowest BCUT2D eigenvalue weighted by Gasteiger charge is -2.26. The summed E-state index contributed by atoms with van der Waals surface area (Å²) >= 11 is 0. The summed E-state index contributed by atoms with van der Waals surface area (Å²) in [5.41, 5.74) is 5.81. The van der Waals surface area contributed by atoms with E-state index in [9.17, 15) is 0 Å². The van der Waals surface area contributed by atoms with Gasteiger partial charge in [-0.15, -0.1) is 0 Å². The average molecular weight is 217 g/mol. The van der Waals surface area contributed by atoms with E-state index in [4.69, 9.17) is 19.9 Å². The smallest absolute Gasteiger partial charge is 0.0704 e. The second kappa shape index (κ2) is 8.05. The van der Waals surface area contributed by atoms with Crippen molar-refractivity contribution >= 4 is 0 Å². The van der Waals surface area contributed by atoms with E-state index in [1.54, 1.807) is 7.11 Å². The third-order valence-corrected chi connectivity index (χ3v) is 2.73. The van der Waals surface area contributed by atoms with E-state index in [0.29, 0.717) is 38.6 Å². The van der Waals surface area contributed by atoms with Gasteiger partial charge in [0.1, 0.15) is 0 Å². The van der Waals surface area contributed by atoms with Gasteiger partial charge in [0.25, 0.3) is 0 Å². The maximum absolute atomic E-state index is 5.81. The molecule has 1 fully saturated rings. The molecule has 1 saturated carbocycles. The number of ether oxygens (including phenoxy) is 3. The zero-order valence-electron chi connectivity index (χ0n) is 9.61. The van der Waals surface area contributed by atoms with Crippen LogP contribution in [0, 0.1) is 0 Å². The lowest BCUT2D eigenvalue weighted by molar-refractivity contribution is -0.0198. The molecule has 0 aromatic rings. The van der Waals surface area contributed by atoms with Crippen LogP contribution in [-0.2, 0) is 14.2 Å². The Morgan fingerprint density at radius 1 is 1.00 bits per heavy atom. The molecule has 4 nitrogen and oxygen atoms in total. The number of rotatable bonds is 7. The second-order valence-electron chi connectivity index (χ2n) is 4.01. The molecule has 1 aliphatic carbocycles. The monoisotopic (exact) mass is 217 g/mol. The van der Waals surface area contributed by atoms with Crippen molar-refractivity contribution in [2.45, 2.75) is 37.8 Å². The van der Waals surface area contributed by atoms with E-state index in [-0.39, 0.29) is 0 Å². The minimum absolute atomic E-state index is 0.391. The molecule has 0 aromatic carbocycles. The first-order valence-corrected chi connectivity index (χ1v) is 5.76. The topological polar surface area (TPSA) is 53.7 Å². The zero-order chi connectivity index (χ0) is 10.9. The minimum atomic E-state index is 0.391. The summed E-state index contributed by atoms with van der Waals surface area (Å²) < 4.78 is 15.9. The SMILES string of the molecule is COCCOCCOC1CCC(N)CC1. The first kappa shape index (κ1) is 12.9. The third kappa shape index (κ3) is 6.10. The van der Waals surface area contributed by atoms with Crippen molar-refractivity contribution in [3.63, 3.8) is 0 Å². The Morgan fingerprint density at radius 2 is 1.67 bits per heavy atom. The van der Waals surface area contributed by atoms with Gasteiger partial charge in [0.15, 0.2) is 0 Å². The summed E-state index contributed by atoms with van der Waals surface area (Å²) in [7, 11) is 1.67. The number of hydrogen-bond donors (Lipinski definition) is 1. The van der Waals surface area contributed by atoms with Crippen LogP contribution in [0.3, 0.4) is 0 Å². The maximum Gasteiger partial charge on any atom is 0.0704 e. The molecule has 0 saturated heterocycles. The summed E-state index contributed by atoms with van der Waals surface area (Å²) in [5, 5.41) is 0. The van der Waals surface area contributed by atoms with Gasteiger partial charge in [-0.1, -0.05) is 0 Å². The van der Waals surface area contributed by atoms with Crippen molar-refractivity contribution in [1.82, 2.24) is 0 Å². The highest BCUT2D eigenvalue weighted by Crippen LogP contribution is 2.19. The molecule has 0 unspecified atom stereocenters. The molecular weight excluding hydrogens is 194 g/mol. The van der Waals surface area contributed by atoms with Crippen LogP contribution in [0.5, 0.6) is 0 Å². The fraction of sp³-hybridized carbons (Fsp3) is 1.00. The van der Waals surface area contributed by atoms with E-state index >= 15 is 0 Å². The van der Waals surface area contributed by atoms with Crippen LogP contribution in [0.25, 0.3) is 0 Å². The molecule has 15 heavy (non-hydrogen) atoms. The van der Waals surface area contributed by atoms with E-state index in [1.165, 1.54) is 0 Å². The van der Waals surface area contributed by atoms with Gasteiger partial charge in [-0.2, -0.15) is 0 Å². The largest absolute Gasteiger partial charge is 0.382 e. The normalized spacial score (nSPS) is 26.8. The van der Waals surface area contributed by atoms with Crippen LogP contribution in [0.15, 0.2) is 0 Å². The second-order valence-corrected chi connectivity index (χ2v) is 4.01. The Bertz CT molecular complexity index is 147. The molecular formula is C11H23NO3. The van der Waals surface area contributed by atoms with E-state index in [2.05, 4.69) is 0 Å². The van der Waals surface area contributed by atoms with E-state index < -0.39 is 0 Å². The lowest BCUT2D eigenvalue weighted by Crippen LogP contribution is -2.30. The average Bonchev–Trinajstić information content (AvgIpc) is 2.26. The third-order valence-electron chi connectivity index (χ3n) is 2.73. The Morgan fingerprint density at radius 3 is 2.33 bits per heavy atom. The quantitative estimate of drug-likeness (QED) is 0.645. The van der Waals surface area contributed by atoms with Gasteiger partial charge in [0.2, 0.25) is 0 Å². The molecule has 4 heteroatoms. The van der Waals surface area contributed by atoms with Crippen LogP contribution in [-0.4, -0.2) is 45.7 Å². The van der Waals surface area contributed by atoms with Gasteiger partial charge >= 0.3 is 0 Å². The Kier molecular flexibility index (Phi) is 6.92. The molecule has 1 rings (SSSR count). The summed E-state index contributed by atoms with van der Waals surface area (Å²) in [4.78, 5) is 0. The van der Waals surface area contributed by atoms with Crippen LogP contribution >= 0.6 is 0 Å². The van der Waals surface area contributed by atoms with Crippen molar-refractivity contribution in [2.24, 2.45) is 5.73 Å². The first-order chi connectivity index (χ1) is 7.33. The van der Waals surface area contributed by atoms with Crippen molar-refractivity contribution in [3.8, 4) is 0 Å². The van der Waals surface area contributed by atoms with Crippen LogP contribution in [0.1, 0.15) is 25.7 Å². The van der Waals surface area contributed by atoms with Gasteiger partial charge in [0, 0.05) is 13.2 Å². The fourth-order valence-corrected chi connectivity index (χ4v) is 1.77. The molecule has 0 atom stereocenters. The minimum Gasteiger partial charge on any atom is -0.382 e. The molecule has 0 aromatic heterocycles. The highest BCUT2D eigenvalue weighted by Gasteiger charge is 2.18. The Hall–Kier alpha value is -0.160. The van der Waals surface area contributed by atoms with Crippen LogP contribution in [0.2, 0.25) is 0 Å². The van der Waals surface area contributed by atoms with Gasteiger partial charge < -0.3 is 19.9 Å². The maximum atomic E-state index is 5.81. The van der Waals surface area contributed by atoms with Crippen molar-refractivity contribution in [2.75, 3.05) is 33.5 Å². The van der Waals surface area contributed by atoms with E-state index in [1.807, 2.05) is 0 Å². The molecule has 2 N–H and O–H groups in total. The number of hydrogen-bond acceptors (Lipinski definition) is 4. The van der Waals surface area contributed by atoms with Gasteiger partial charge in [-0.3, -0.25) is 0 Å². The molecule has 0 amide bonds. The molecule has 0 spiro atoms. The lowest BCUT2D eigenvalue weighted by atomic mass is 9.94. The Labute approximate surface area is 92.1 Å².